The Kier molecular flexibility index (Phi) is 6.52. The average Bonchev–Trinajstić information content (AvgIpc) is 2.59. The highest BCUT2D eigenvalue weighted by atomic mass is 32.2. The fourth-order valence-electron chi connectivity index (χ4n) is 2.16. The van der Waals surface area contributed by atoms with Gasteiger partial charge in [0.1, 0.15) is 0 Å². The van der Waals surface area contributed by atoms with Gasteiger partial charge in [0.25, 0.3) is 0 Å². The van der Waals surface area contributed by atoms with Crippen molar-refractivity contribution in [2.45, 2.75) is 24.5 Å². The Morgan fingerprint density at radius 1 is 1.21 bits per heavy atom. The van der Waals surface area contributed by atoms with Crippen LogP contribution in [0.25, 0.3) is 0 Å². The molecule has 2 amide bonds. The Morgan fingerprint density at radius 3 is 2.54 bits per heavy atom. The number of carbonyl (C=O) groups is 1. The highest BCUT2D eigenvalue weighted by Gasteiger charge is 2.06. The molecule has 2 atom stereocenters. The van der Waals surface area contributed by atoms with Crippen LogP contribution in [0.4, 0.5) is 10.5 Å². The number of amides is 2. The van der Waals surface area contributed by atoms with Crippen molar-refractivity contribution in [3.05, 3.63) is 59.7 Å². The van der Waals surface area contributed by atoms with Gasteiger partial charge in [-0.25, -0.2) is 4.79 Å². The quantitative estimate of drug-likeness (QED) is 0.842. The largest absolute Gasteiger partial charge is 0.377 e. The van der Waals surface area contributed by atoms with Gasteiger partial charge in [0.05, 0.1) is 6.10 Å². The van der Waals surface area contributed by atoms with Gasteiger partial charge in [-0.2, -0.15) is 0 Å². The van der Waals surface area contributed by atoms with Crippen LogP contribution < -0.4 is 10.6 Å². The molecule has 0 saturated heterocycles. The number of methoxy groups -OCH3 is 1. The van der Waals surface area contributed by atoms with E-state index >= 15 is 0 Å². The van der Waals surface area contributed by atoms with E-state index in [1.807, 2.05) is 43.3 Å². The van der Waals surface area contributed by atoms with Gasteiger partial charge in [-0.1, -0.05) is 24.3 Å². The van der Waals surface area contributed by atoms with E-state index in [9.17, 15) is 9.00 Å². The number of hydrogen-bond acceptors (Lipinski definition) is 3. The Bertz CT molecular complexity index is 716. The van der Waals surface area contributed by atoms with Gasteiger partial charge in [-0.05, 0) is 42.3 Å². The number of urea groups is 1. The molecule has 6 heteroatoms. The van der Waals surface area contributed by atoms with Crippen molar-refractivity contribution in [2.24, 2.45) is 0 Å². The number of nitrogens with one attached hydrogen (secondary N) is 2. The summed E-state index contributed by atoms with van der Waals surface area (Å²) >= 11 is 0. The molecule has 0 spiro atoms. The fraction of sp³-hybridized carbons (Fsp3) is 0.278. The minimum absolute atomic E-state index is 0.0301. The molecule has 0 unspecified atom stereocenters. The molecule has 0 aliphatic carbocycles. The number of ether oxygens (including phenoxy) is 1. The maximum atomic E-state index is 12.0. The van der Waals surface area contributed by atoms with Crippen LogP contribution in [0.3, 0.4) is 0 Å². The lowest BCUT2D eigenvalue weighted by Crippen LogP contribution is -2.28. The van der Waals surface area contributed by atoms with Crippen LogP contribution in [-0.4, -0.2) is 23.6 Å². The zero-order valence-corrected chi connectivity index (χ0v) is 14.9. The zero-order valence-electron chi connectivity index (χ0n) is 14.0. The van der Waals surface area contributed by atoms with Gasteiger partial charge < -0.3 is 15.4 Å². The van der Waals surface area contributed by atoms with Crippen molar-refractivity contribution in [3.8, 4) is 0 Å². The van der Waals surface area contributed by atoms with Gasteiger partial charge >= 0.3 is 6.03 Å². The molecule has 2 aromatic carbocycles. The molecular formula is C18H22N2O3S. The lowest BCUT2D eigenvalue weighted by Gasteiger charge is -2.12. The van der Waals surface area contributed by atoms with Crippen LogP contribution in [0.15, 0.2) is 53.4 Å². The van der Waals surface area contributed by atoms with Crippen molar-refractivity contribution in [2.75, 3.05) is 18.7 Å². The highest BCUT2D eigenvalue weighted by molar-refractivity contribution is 7.84. The number of benzene rings is 2. The molecule has 0 aliphatic heterocycles. The second kappa shape index (κ2) is 8.61. The molecule has 0 bridgehead atoms. The van der Waals surface area contributed by atoms with Gasteiger partial charge in [0.15, 0.2) is 0 Å². The van der Waals surface area contributed by atoms with Crippen LogP contribution in [0.1, 0.15) is 24.2 Å². The summed E-state index contributed by atoms with van der Waals surface area (Å²) in [5.74, 6) is 0. The third-order valence-electron chi connectivity index (χ3n) is 3.68. The molecule has 0 saturated carbocycles. The molecule has 0 radical (unpaired) electrons. The normalized spacial score (nSPS) is 13.1. The molecule has 24 heavy (non-hydrogen) atoms. The molecule has 2 rings (SSSR count). The van der Waals surface area contributed by atoms with Crippen LogP contribution in [0, 0.1) is 0 Å². The number of anilines is 1. The summed E-state index contributed by atoms with van der Waals surface area (Å²) in [6, 6.07) is 14.6. The topological polar surface area (TPSA) is 67.4 Å². The van der Waals surface area contributed by atoms with Crippen molar-refractivity contribution in [1.29, 1.82) is 0 Å². The monoisotopic (exact) mass is 346 g/mol. The Hall–Kier alpha value is -2.18. The Morgan fingerprint density at radius 2 is 1.92 bits per heavy atom. The summed E-state index contributed by atoms with van der Waals surface area (Å²) in [7, 11) is 0.656. The van der Waals surface area contributed by atoms with Crippen LogP contribution in [0.5, 0.6) is 0 Å². The van der Waals surface area contributed by atoms with Crippen molar-refractivity contribution in [3.63, 3.8) is 0 Å². The van der Waals surface area contributed by atoms with Crippen molar-refractivity contribution in [1.82, 2.24) is 5.32 Å². The molecule has 0 aromatic heterocycles. The third kappa shape index (κ3) is 5.18. The minimum atomic E-state index is -0.994. The summed E-state index contributed by atoms with van der Waals surface area (Å²) in [5, 5.41) is 5.61. The predicted molar refractivity (Wildman–Crippen MR) is 96.5 cm³/mol. The summed E-state index contributed by atoms with van der Waals surface area (Å²) in [6.45, 7) is 2.35. The lowest BCUT2D eigenvalue weighted by atomic mass is 10.1. The molecule has 0 heterocycles. The van der Waals surface area contributed by atoms with E-state index in [4.69, 9.17) is 4.74 Å². The molecule has 0 aliphatic rings. The molecule has 128 valence electrons. The van der Waals surface area contributed by atoms with E-state index < -0.39 is 10.8 Å². The second-order valence-electron chi connectivity index (χ2n) is 5.41. The maximum Gasteiger partial charge on any atom is 0.319 e. The number of carbonyl (C=O) groups excluding carboxylic acids is 1. The van der Waals surface area contributed by atoms with E-state index in [1.54, 1.807) is 25.5 Å². The van der Waals surface area contributed by atoms with Crippen LogP contribution >= 0.6 is 0 Å². The standard InChI is InChI=1S/C18H22N2O3S/c1-13(23-2)15-5-4-6-16(11-15)20-18(21)19-12-14-7-9-17(10-8-14)24(3)22/h4-11,13H,12H2,1-3H3,(H2,19,20,21)/t13-,24-/m0/s1. The second-order valence-corrected chi connectivity index (χ2v) is 6.79. The van der Waals surface area contributed by atoms with E-state index in [1.165, 1.54) is 0 Å². The van der Waals surface area contributed by atoms with Crippen molar-refractivity contribution >= 4 is 22.5 Å². The summed E-state index contributed by atoms with van der Waals surface area (Å²) < 4.78 is 16.6. The first-order valence-electron chi connectivity index (χ1n) is 7.59. The molecule has 2 N–H and O–H groups in total. The maximum absolute atomic E-state index is 12.0. The van der Waals surface area contributed by atoms with Crippen LogP contribution in [0.2, 0.25) is 0 Å². The lowest BCUT2D eigenvalue weighted by molar-refractivity contribution is 0.119. The Balaban J connectivity index is 1.90. The van der Waals surface area contributed by atoms with Gasteiger partial charge in [-0.3, -0.25) is 4.21 Å². The fourth-order valence-corrected chi connectivity index (χ4v) is 2.68. The van der Waals surface area contributed by atoms with E-state index in [-0.39, 0.29) is 12.1 Å². The number of hydrogen-bond donors (Lipinski definition) is 2. The summed E-state index contributed by atoms with van der Waals surface area (Å²) in [5.41, 5.74) is 2.66. The van der Waals surface area contributed by atoms with Gasteiger partial charge in [0, 0.05) is 41.3 Å². The highest BCUT2D eigenvalue weighted by Crippen LogP contribution is 2.19. The summed E-state index contributed by atoms with van der Waals surface area (Å²) in [6.07, 6.45) is 1.61. The molecule has 5 nitrogen and oxygen atoms in total. The van der Waals surface area contributed by atoms with E-state index in [0.29, 0.717) is 12.2 Å². The van der Waals surface area contributed by atoms with Crippen molar-refractivity contribution < 1.29 is 13.7 Å². The first-order valence-corrected chi connectivity index (χ1v) is 9.15. The molecule has 0 fully saturated rings. The smallest absolute Gasteiger partial charge is 0.319 e. The molecular weight excluding hydrogens is 324 g/mol. The molecule has 2 aromatic rings. The average molecular weight is 346 g/mol. The summed E-state index contributed by atoms with van der Waals surface area (Å²) in [4.78, 5) is 12.8. The zero-order chi connectivity index (χ0) is 17.5. The SMILES string of the molecule is CO[C@@H](C)c1cccc(NC(=O)NCc2ccc([S@](C)=O)cc2)c1. The van der Waals surface area contributed by atoms with Gasteiger partial charge in [-0.15, -0.1) is 0 Å². The third-order valence-corrected chi connectivity index (χ3v) is 4.61. The van der Waals surface area contributed by atoms with E-state index in [0.717, 1.165) is 16.0 Å². The number of rotatable bonds is 6. The van der Waals surface area contributed by atoms with Crippen LogP contribution in [-0.2, 0) is 22.1 Å². The van der Waals surface area contributed by atoms with Gasteiger partial charge in [0.2, 0.25) is 0 Å². The Labute approximate surface area is 144 Å². The predicted octanol–water partition coefficient (Wildman–Crippen LogP) is 3.45. The first-order chi connectivity index (χ1) is 11.5. The van der Waals surface area contributed by atoms with E-state index in [2.05, 4.69) is 10.6 Å². The first kappa shape index (κ1) is 18.2. The minimum Gasteiger partial charge on any atom is -0.377 e.